The molecule has 0 N–H and O–H groups in total. The highest BCUT2D eigenvalue weighted by molar-refractivity contribution is 5.37. The minimum atomic E-state index is -4.24. The third-order valence-electron chi connectivity index (χ3n) is 2.90. The summed E-state index contributed by atoms with van der Waals surface area (Å²) < 4.78 is 43.6. The number of halogens is 3. The summed E-state index contributed by atoms with van der Waals surface area (Å²) in [6, 6.07) is 6.60. The lowest BCUT2D eigenvalue weighted by Crippen LogP contribution is -2.57. The van der Waals surface area contributed by atoms with E-state index in [1.54, 1.807) is 25.1 Å². The van der Waals surface area contributed by atoms with E-state index in [9.17, 15) is 13.2 Å². The largest absolute Gasteiger partial charge is 0.402 e. The second-order valence-electron chi connectivity index (χ2n) is 3.89. The van der Waals surface area contributed by atoms with Gasteiger partial charge in [-0.15, -0.1) is 0 Å². The van der Waals surface area contributed by atoms with Crippen molar-refractivity contribution in [3.8, 4) is 0 Å². The Bertz CT molecular complexity index is 366. The van der Waals surface area contributed by atoms with E-state index >= 15 is 0 Å². The van der Waals surface area contributed by atoms with E-state index in [0.29, 0.717) is 11.1 Å². The summed E-state index contributed by atoms with van der Waals surface area (Å²) in [7, 11) is 0. The molecule has 0 aliphatic carbocycles. The van der Waals surface area contributed by atoms with Crippen LogP contribution in [0.2, 0.25) is 0 Å². The van der Waals surface area contributed by atoms with Crippen molar-refractivity contribution in [1.29, 1.82) is 0 Å². The Hall–Kier alpha value is -1.03. The van der Waals surface area contributed by atoms with Crippen molar-refractivity contribution < 1.29 is 17.9 Å². The van der Waals surface area contributed by atoms with Gasteiger partial charge in [0, 0.05) is 0 Å². The van der Waals surface area contributed by atoms with Crippen molar-refractivity contribution >= 4 is 0 Å². The topological polar surface area (TPSA) is 9.23 Å². The second kappa shape index (κ2) is 3.23. The Morgan fingerprint density at radius 1 is 1.20 bits per heavy atom. The smallest absolute Gasteiger partial charge is 0.379 e. The summed E-state index contributed by atoms with van der Waals surface area (Å²) in [5.74, 6) is 0. The van der Waals surface area contributed by atoms with Crippen LogP contribution in [0.5, 0.6) is 0 Å². The number of benzene rings is 1. The fraction of sp³-hybridized carbons (Fsp3) is 0.455. The van der Waals surface area contributed by atoms with Crippen LogP contribution in [0, 0.1) is 6.92 Å². The quantitative estimate of drug-likeness (QED) is 0.701. The third kappa shape index (κ3) is 1.44. The molecular formula is C11H11F3O. The first-order valence-electron chi connectivity index (χ1n) is 4.68. The molecule has 1 saturated heterocycles. The summed E-state index contributed by atoms with van der Waals surface area (Å²) >= 11 is 0. The maximum Gasteiger partial charge on any atom is 0.402 e. The van der Waals surface area contributed by atoms with Crippen molar-refractivity contribution in [3.05, 3.63) is 35.4 Å². The average molecular weight is 216 g/mol. The van der Waals surface area contributed by atoms with E-state index in [1.165, 1.54) is 6.07 Å². The predicted octanol–water partition coefficient (Wildman–Crippen LogP) is 2.83. The number of rotatable bonds is 1. The zero-order valence-corrected chi connectivity index (χ0v) is 8.27. The van der Waals surface area contributed by atoms with Gasteiger partial charge in [-0.25, -0.2) is 0 Å². The molecule has 1 aromatic rings. The highest BCUT2D eigenvalue weighted by Gasteiger charge is 2.61. The summed E-state index contributed by atoms with van der Waals surface area (Å²) in [6.45, 7) is 1.17. The molecule has 1 fully saturated rings. The SMILES string of the molecule is Cc1ccccc1C1(C(F)(F)F)COC1. The van der Waals surface area contributed by atoms with Crippen molar-refractivity contribution in [3.63, 3.8) is 0 Å². The van der Waals surface area contributed by atoms with Gasteiger partial charge >= 0.3 is 6.18 Å². The molecule has 0 bridgehead atoms. The second-order valence-corrected chi connectivity index (χ2v) is 3.89. The van der Waals surface area contributed by atoms with Gasteiger partial charge in [-0.2, -0.15) is 13.2 Å². The van der Waals surface area contributed by atoms with E-state index in [4.69, 9.17) is 4.74 Å². The Balaban J connectivity index is 2.48. The summed E-state index contributed by atoms with van der Waals surface area (Å²) in [5.41, 5.74) is -0.778. The highest BCUT2D eigenvalue weighted by Crippen LogP contribution is 2.47. The molecule has 1 aliphatic rings. The average Bonchev–Trinajstić information content (AvgIpc) is 2.03. The number of ether oxygens (including phenoxy) is 1. The van der Waals surface area contributed by atoms with E-state index in [0.717, 1.165) is 0 Å². The van der Waals surface area contributed by atoms with Gasteiger partial charge in [0.2, 0.25) is 0 Å². The van der Waals surface area contributed by atoms with Crippen LogP contribution < -0.4 is 0 Å². The maximum absolute atomic E-state index is 12.9. The van der Waals surface area contributed by atoms with Crippen molar-refractivity contribution in [2.45, 2.75) is 18.5 Å². The van der Waals surface area contributed by atoms with Gasteiger partial charge in [0.05, 0.1) is 13.2 Å². The van der Waals surface area contributed by atoms with E-state index in [1.807, 2.05) is 0 Å². The molecule has 1 aliphatic heterocycles. The first kappa shape index (κ1) is 10.5. The molecular weight excluding hydrogens is 205 g/mol. The number of hydrogen-bond donors (Lipinski definition) is 0. The third-order valence-corrected chi connectivity index (χ3v) is 2.90. The standard InChI is InChI=1S/C11H11F3O/c1-8-4-2-3-5-9(8)10(6-15-7-10)11(12,13)14/h2-5H,6-7H2,1H3. The monoisotopic (exact) mass is 216 g/mol. The fourth-order valence-corrected chi connectivity index (χ4v) is 1.89. The molecule has 0 radical (unpaired) electrons. The van der Waals surface area contributed by atoms with Gasteiger partial charge in [-0.05, 0) is 18.1 Å². The molecule has 0 unspecified atom stereocenters. The van der Waals surface area contributed by atoms with Crippen molar-refractivity contribution in [2.24, 2.45) is 0 Å². The van der Waals surface area contributed by atoms with Crippen LogP contribution in [0.3, 0.4) is 0 Å². The molecule has 0 atom stereocenters. The van der Waals surface area contributed by atoms with Crippen LogP contribution in [-0.2, 0) is 10.2 Å². The summed E-state index contributed by atoms with van der Waals surface area (Å²) in [5, 5.41) is 0. The molecule has 0 saturated carbocycles. The van der Waals surface area contributed by atoms with Crippen molar-refractivity contribution in [2.75, 3.05) is 13.2 Å². The molecule has 82 valence electrons. The van der Waals surface area contributed by atoms with Crippen LogP contribution in [0.15, 0.2) is 24.3 Å². The van der Waals surface area contributed by atoms with E-state index in [-0.39, 0.29) is 13.2 Å². The zero-order valence-electron chi connectivity index (χ0n) is 8.27. The molecule has 4 heteroatoms. The molecule has 2 rings (SSSR count). The van der Waals surface area contributed by atoms with Gasteiger partial charge in [-0.1, -0.05) is 24.3 Å². The van der Waals surface area contributed by atoms with Gasteiger partial charge < -0.3 is 4.74 Å². The number of hydrogen-bond acceptors (Lipinski definition) is 1. The normalized spacial score (nSPS) is 19.7. The fourth-order valence-electron chi connectivity index (χ4n) is 1.89. The summed E-state index contributed by atoms with van der Waals surface area (Å²) in [6.07, 6.45) is -4.24. The van der Waals surface area contributed by atoms with Crippen LogP contribution >= 0.6 is 0 Å². The Kier molecular flexibility index (Phi) is 2.26. The molecule has 1 heterocycles. The lowest BCUT2D eigenvalue weighted by molar-refractivity contribution is -0.262. The lowest BCUT2D eigenvalue weighted by atomic mass is 9.76. The molecule has 15 heavy (non-hydrogen) atoms. The van der Waals surface area contributed by atoms with Gasteiger partial charge in [-0.3, -0.25) is 0 Å². The van der Waals surface area contributed by atoms with Crippen LogP contribution in [0.25, 0.3) is 0 Å². The molecule has 0 amide bonds. The minimum Gasteiger partial charge on any atom is -0.379 e. The van der Waals surface area contributed by atoms with E-state index < -0.39 is 11.6 Å². The molecule has 1 nitrogen and oxygen atoms in total. The van der Waals surface area contributed by atoms with E-state index in [2.05, 4.69) is 0 Å². The molecule has 0 spiro atoms. The van der Waals surface area contributed by atoms with Gasteiger partial charge in [0.15, 0.2) is 0 Å². The lowest BCUT2D eigenvalue weighted by Gasteiger charge is -2.43. The maximum atomic E-state index is 12.9. The Morgan fingerprint density at radius 3 is 2.20 bits per heavy atom. The molecule has 0 aromatic heterocycles. The Morgan fingerprint density at radius 2 is 1.80 bits per heavy atom. The van der Waals surface area contributed by atoms with Crippen LogP contribution in [0.4, 0.5) is 13.2 Å². The van der Waals surface area contributed by atoms with Gasteiger partial charge in [0.25, 0.3) is 0 Å². The predicted molar refractivity (Wildman–Crippen MR) is 49.7 cm³/mol. The van der Waals surface area contributed by atoms with Crippen LogP contribution in [-0.4, -0.2) is 19.4 Å². The minimum absolute atomic E-state index is 0.263. The zero-order chi connectivity index (χ0) is 11.1. The van der Waals surface area contributed by atoms with Gasteiger partial charge in [0.1, 0.15) is 5.41 Å². The first-order chi connectivity index (χ1) is 6.97. The van der Waals surface area contributed by atoms with Crippen molar-refractivity contribution in [1.82, 2.24) is 0 Å². The number of aryl methyl sites for hydroxylation is 1. The molecule has 1 aromatic carbocycles. The first-order valence-corrected chi connectivity index (χ1v) is 4.68. The Labute approximate surface area is 85.9 Å². The highest BCUT2D eigenvalue weighted by atomic mass is 19.4. The summed E-state index contributed by atoms with van der Waals surface area (Å²) in [4.78, 5) is 0. The van der Waals surface area contributed by atoms with Crippen LogP contribution in [0.1, 0.15) is 11.1 Å². The number of alkyl halides is 3.